The average Bonchev–Trinajstić information content (AvgIpc) is 3.01. The van der Waals surface area contributed by atoms with Crippen molar-refractivity contribution in [2.24, 2.45) is 0 Å². The maximum atomic E-state index is 12.1. The zero-order valence-electron chi connectivity index (χ0n) is 24.5. The van der Waals surface area contributed by atoms with Crippen LogP contribution in [-0.4, -0.2) is 60.0 Å². The molecule has 2 aliphatic rings. The summed E-state index contributed by atoms with van der Waals surface area (Å²) in [6.45, 7) is 3.75. The van der Waals surface area contributed by atoms with Gasteiger partial charge in [-0.2, -0.15) is 8.42 Å². The number of hydrogen-bond acceptors (Lipinski definition) is 8. The van der Waals surface area contributed by atoms with Gasteiger partial charge in [-0.05, 0) is 109 Å². The Morgan fingerprint density at radius 2 is 1.55 bits per heavy atom. The van der Waals surface area contributed by atoms with E-state index in [9.17, 15) is 8.42 Å². The second-order valence-corrected chi connectivity index (χ2v) is 12.3. The molecule has 0 aromatic heterocycles. The summed E-state index contributed by atoms with van der Waals surface area (Å²) in [7, 11) is -0.610. The van der Waals surface area contributed by atoms with Crippen LogP contribution in [0.25, 0.3) is 11.1 Å². The van der Waals surface area contributed by atoms with Gasteiger partial charge in [0.1, 0.15) is 30.0 Å². The Hall–Kier alpha value is -3.37. The lowest BCUT2D eigenvalue weighted by Crippen LogP contribution is -2.33. The molecule has 224 valence electrons. The first-order valence-corrected chi connectivity index (χ1v) is 16.2. The minimum Gasteiger partial charge on any atom is -0.497 e. The SMILES string of the molecule is COc1cccc(C2=C(C(OOS(C)(=O)=O)c3ccc(OCCN4CCCCC4)cc3)c3ccc(OC)cc3CC2)c1. The summed E-state index contributed by atoms with van der Waals surface area (Å²) in [5.41, 5.74) is 5.59. The van der Waals surface area contributed by atoms with Gasteiger partial charge in [0.2, 0.25) is 0 Å². The predicted molar refractivity (Wildman–Crippen MR) is 163 cm³/mol. The lowest BCUT2D eigenvalue weighted by molar-refractivity contribution is -0.225. The van der Waals surface area contributed by atoms with Crippen molar-refractivity contribution in [1.82, 2.24) is 4.90 Å². The summed E-state index contributed by atoms with van der Waals surface area (Å²) in [6, 6.07) is 21.4. The van der Waals surface area contributed by atoms with Crippen LogP contribution in [0.5, 0.6) is 17.2 Å². The van der Waals surface area contributed by atoms with Gasteiger partial charge in [0.05, 0.1) is 20.5 Å². The molecular formula is C33H39NO7S. The lowest BCUT2D eigenvalue weighted by atomic mass is 9.79. The highest BCUT2D eigenvalue weighted by Crippen LogP contribution is 2.46. The Labute approximate surface area is 248 Å². The molecule has 0 spiro atoms. The van der Waals surface area contributed by atoms with E-state index in [0.717, 1.165) is 83.0 Å². The third kappa shape index (κ3) is 7.52. The summed E-state index contributed by atoms with van der Waals surface area (Å²) in [4.78, 5) is 8.24. The van der Waals surface area contributed by atoms with Gasteiger partial charge in [0.15, 0.2) is 0 Å². The fourth-order valence-corrected chi connectivity index (χ4v) is 5.95. The highest BCUT2D eigenvalue weighted by molar-refractivity contribution is 7.85. The second kappa shape index (κ2) is 13.7. The summed E-state index contributed by atoms with van der Waals surface area (Å²) in [6.07, 6.45) is 5.42. The van der Waals surface area contributed by atoms with E-state index in [0.29, 0.717) is 13.0 Å². The minimum absolute atomic E-state index is 0.608. The molecule has 9 heteroatoms. The fourth-order valence-electron chi connectivity index (χ4n) is 5.73. The molecule has 0 saturated carbocycles. The maximum absolute atomic E-state index is 12.1. The fraction of sp³-hybridized carbons (Fsp3) is 0.394. The number of benzene rings is 3. The minimum atomic E-state index is -3.89. The van der Waals surface area contributed by atoms with Crippen molar-refractivity contribution in [3.8, 4) is 17.2 Å². The molecule has 0 N–H and O–H groups in total. The molecule has 1 aliphatic heterocycles. The van der Waals surface area contributed by atoms with Gasteiger partial charge in [-0.15, -0.1) is 4.33 Å². The summed E-state index contributed by atoms with van der Waals surface area (Å²) < 4.78 is 46.3. The quantitative estimate of drug-likeness (QED) is 0.185. The van der Waals surface area contributed by atoms with Gasteiger partial charge >= 0.3 is 0 Å². The number of piperidine rings is 1. The topological polar surface area (TPSA) is 83.5 Å². The Balaban J connectivity index is 1.52. The number of rotatable bonds is 12. The third-order valence-electron chi connectivity index (χ3n) is 7.82. The molecule has 0 amide bonds. The highest BCUT2D eigenvalue weighted by Gasteiger charge is 2.31. The van der Waals surface area contributed by atoms with E-state index in [1.165, 1.54) is 19.3 Å². The van der Waals surface area contributed by atoms with Crippen LogP contribution in [0.2, 0.25) is 0 Å². The molecule has 3 aromatic rings. The van der Waals surface area contributed by atoms with E-state index < -0.39 is 16.2 Å². The first-order chi connectivity index (χ1) is 20.3. The first kappa shape index (κ1) is 30.1. The van der Waals surface area contributed by atoms with E-state index in [1.807, 2.05) is 66.7 Å². The monoisotopic (exact) mass is 593 g/mol. The van der Waals surface area contributed by atoms with Crippen molar-refractivity contribution in [2.45, 2.75) is 38.2 Å². The predicted octanol–water partition coefficient (Wildman–Crippen LogP) is 6.07. The van der Waals surface area contributed by atoms with E-state index in [2.05, 4.69) is 4.90 Å². The van der Waals surface area contributed by atoms with Gasteiger partial charge in [-0.25, -0.2) is 4.89 Å². The van der Waals surface area contributed by atoms with Crippen LogP contribution in [0, 0.1) is 0 Å². The zero-order valence-corrected chi connectivity index (χ0v) is 25.3. The Bertz CT molecular complexity index is 1500. The van der Waals surface area contributed by atoms with Gasteiger partial charge in [-0.3, -0.25) is 4.90 Å². The standard InChI is InChI=1S/C33H39NO7S/c1-37-28-9-7-8-25(22-28)30-16-12-26-23-29(38-2)15-17-31(26)32(30)33(40-41-42(3,35)36)24-10-13-27(14-11-24)39-21-20-34-18-5-4-6-19-34/h7-11,13-15,17,22-23,33H,4-6,12,16,18-21H2,1-3H3. The molecule has 1 fully saturated rings. The number of ether oxygens (including phenoxy) is 3. The van der Waals surface area contributed by atoms with Gasteiger partial charge < -0.3 is 14.2 Å². The average molecular weight is 594 g/mol. The highest BCUT2D eigenvalue weighted by atomic mass is 32.2. The van der Waals surface area contributed by atoms with Crippen molar-refractivity contribution < 1.29 is 31.8 Å². The first-order valence-electron chi connectivity index (χ1n) is 14.4. The number of likely N-dealkylation sites (tertiary alicyclic amines) is 1. The van der Waals surface area contributed by atoms with Crippen LogP contribution in [0.3, 0.4) is 0 Å². The van der Waals surface area contributed by atoms with Crippen LogP contribution in [-0.2, 0) is 25.8 Å². The molecule has 1 heterocycles. The smallest absolute Gasteiger partial charge is 0.290 e. The van der Waals surface area contributed by atoms with Gasteiger partial charge in [0, 0.05) is 6.54 Å². The normalized spacial score (nSPS) is 16.5. The second-order valence-electron chi connectivity index (χ2n) is 10.7. The summed E-state index contributed by atoms with van der Waals surface area (Å²) in [5, 5.41) is 0. The van der Waals surface area contributed by atoms with Crippen molar-refractivity contribution in [3.63, 3.8) is 0 Å². The van der Waals surface area contributed by atoms with Crippen molar-refractivity contribution in [1.29, 1.82) is 0 Å². The summed E-state index contributed by atoms with van der Waals surface area (Å²) >= 11 is 0. The van der Waals surface area contributed by atoms with Crippen LogP contribution in [0.4, 0.5) is 0 Å². The Morgan fingerprint density at radius 1 is 0.833 bits per heavy atom. The molecule has 0 radical (unpaired) electrons. The molecular weight excluding hydrogens is 554 g/mol. The number of allylic oxidation sites excluding steroid dienone is 1. The number of hydrogen-bond donors (Lipinski definition) is 0. The number of nitrogens with zero attached hydrogens (tertiary/aromatic N) is 1. The van der Waals surface area contributed by atoms with Gasteiger partial charge in [0.25, 0.3) is 10.1 Å². The van der Waals surface area contributed by atoms with E-state index >= 15 is 0 Å². The molecule has 0 bridgehead atoms. The Morgan fingerprint density at radius 3 is 2.26 bits per heavy atom. The molecule has 8 nitrogen and oxygen atoms in total. The molecule has 5 rings (SSSR count). The van der Waals surface area contributed by atoms with Crippen LogP contribution in [0.15, 0.2) is 66.7 Å². The number of methoxy groups -OCH3 is 2. The molecule has 1 unspecified atom stereocenters. The largest absolute Gasteiger partial charge is 0.497 e. The number of fused-ring (bicyclic) bond motifs is 1. The van der Waals surface area contributed by atoms with E-state index in [4.69, 9.17) is 23.4 Å². The molecule has 1 atom stereocenters. The van der Waals surface area contributed by atoms with Crippen molar-refractivity contribution in [3.05, 3.63) is 89.0 Å². The molecule has 3 aromatic carbocycles. The lowest BCUT2D eigenvalue weighted by Gasteiger charge is -2.29. The van der Waals surface area contributed by atoms with Crippen LogP contribution in [0.1, 0.15) is 54.0 Å². The van der Waals surface area contributed by atoms with Crippen LogP contribution >= 0.6 is 0 Å². The van der Waals surface area contributed by atoms with Crippen molar-refractivity contribution in [2.75, 3.05) is 46.7 Å². The number of aryl methyl sites for hydroxylation is 1. The summed E-state index contributed by atoms with van der Waals surface area (Å²) in [5.74, 6) is 2.24. The maximum Gasteiger partial charge on any atom is 0.290 e. The van der Waals surface area contributed by atoms with E-state index in [-0.39, 0.29) is 0 Å². The zero-order chi connectivity index (χ0) is 29.5. The molecule has 1 aliphatic carbocycles. The molecule has 1 saturated heterocycles. The third-order valence-corrected chi connectivity index (χ3v) is 8.15. The van der Waals surface area contributed by atoms with Gasteiger partial charge in [-0.1, -0.05) is 36.8 Å². The van der Waals surface area contributed by atoms with E-state index in [1.54, 1.807) is 14.2 Å². The molecule has 42 heavy (non-hydrogen) atoms. The Kier molecular flexibility index (Phi) is 9.84. The van der Waals surface area contributed by atoms with Crippen LogP contribution < -0.4 is 14.2 Å². The van der Waals surface area contributed by atoms with Crippen molar-refractivity contribution >= 4 is 21.3 Å².